The van der Waals surface area contributed by atoms with Crippen molar-refractivity contribution in [3.05, 3.63) is 0 Å². The van der Waals surface area contributed by atoms with Gasteiger partial charge in [0.05, 0.1) is 6.26 Å². The van der Waals surface area contributed by atoms with Gasteiger partial charge >= 0.3 is 5.97 Å². The Labute approximate surface area is 78.5 Å². The van der Waals surface area contributed by atoms with Gasteiger partial charge in [-0.15, -0.1) is 0 Å². The van der Waals surface area contributed by atoms with E-state index in [4.69, 9.17) is 9.66 Å². The quantitative estimate of drug-likeness (QED) is 0.539. The minimum Gasteiger partial charge on any atom is -0.481 e. The molecule has 0 atom stereocenters. The first-order valence-electron chi connectivity index (χ1n) is 3.91. The number of aliphatic carboxylic acids is 1. The molecular weight excluding hydrogens is 196 g/mol. The fraction of sp³-hybridized carbons (Fsp3) is 0.857. The summed E-state index contributed by atoms with van der Waals surface area (Å²) in [6.07, 6.45) is 3.99. The third kappa shape index (κ3) is 52.2. The number of unbranched alkanes of at least 4 members (excludes halogenated alkanes) is 2. The Kier molecular flexibility index (Phi) is 9.16. The van der Waals surface area contributed by atoms with Gasteiger partial charge in [0, 0.05) is 6.42 Å². The van der Waals surface area contributed by atoms with Crippen molar-refractivity contribution in [2.75, 3.05) is 6.26 Å². The Morgan fingerprint density at radius 1 is 1.31 bits per heavy atom. The molecule has 6 heteroatoms. The Bertz CT molecular complexity index is 211. The standard InChI is InChI=1S/C6H12O2.CH4O3S/c1-2-3-4-5-6(7)8;1-5(2,3)4/h2-5H2,1H3,(H,7,8);1H3,(H,2,3,4). The predicted octanol–water partition coefficient (Wildman–Crippen LogP) is 1.16. The average Bonchev–Trinajstić information content (AvgIpc) is 1.83. The van der Waals surface area contributed by atoms with E-state index in [1.165, 1.54) is 0 Å². The highest BCUT2D eigenvalue weighted by Crippen LogP contribution is 1.97. The van der Waals surface area contributed by atoms with Crippen molar-refractivity contribution in [2.24, 2.45) is 0 Å². The van der Waals surface area contributed by atoms with Crippen molar-refractivity contribution in [2.45, 2.75) is 32.6 Å². The number of carbonyl (C=O) groups is 1. The normalized spacial score (nSPS) is 10.1. The molecule has 0 radical (unpaired) electrons. The van der Waals surface area contributed by atoms with E-state index in [0.717, 1.165) is 19.3 Å². The van der Waals surface area contributed by atoms with Crippen LogP contribution >= 0.6 is 0 Å². The SMILES string of the molecule is CCCCCC(=O)O.CS(=O)(=O)O. The summed E-state index contributed by atoms with van der Waals surface area (Å²) in [5.41, 5.74) is 0. The average molecular weight is 212 g/mol. The summed E-state index contributed by atoms with van der Waals surface area (Å²) in [5, 5.41) is 8.14. The van der Waals surface area contributed by atoms with E-state index in [-0.39, 0.29) is 0 Å². The second-order valence-corrected chi connectivity index (χ2v) is 4.05. The highest BCUT2D eigenvalue weighted by atomic mass is 32.2. The molecule has 0 aliphatic carbocycles. The van der Waals surface area contributed by atoms with Gasteiger partial charge in [-0.25, -0.2) is 0 Å². The molecule has 0 saturated carbocycles. The predicted molar refractivity (Wildman–Crippen MR) is 49.3 cm³/mol. The molecular formula is C7H16O5S. The van der Waals surface area contributed by atoms with E-state index >= 15 is 0 Å². The summed E-state index contributed by atoms with van der Waals surface area (Å²) < 4.78 is 25.9. The van der Waals surface area contributed by atoms with Crippen LogP contribution in [-0.2, 0) is 14.9 Å². The minimum atomic E-state index is -3.67. The van der Waals surface area contributed by atoms with Crippen LogP contribution in [0.15, 0.2) is 0 Å². The first-order chi connectivity index (χ1) is 5.77. The minimum absolute atomic E-state index is 0.327. The fourth-order valence-corrected chi connectivity index (χ4v) is 0.526. The molecule has 0 heterocycles. The lowest BCUT2D eigenvalue weighted by molar-refractivity contribution is -0.137. The lowest BCUT2D eigenvalue weighted by atomic mass is 10.2. The van der Waals surface area contributed by atoms with Crippen LogP contribution in [0, 0.1) is 0 Å². The maximum absolute atomic E-state index is 9.87. The molecule has 80 valence electrons. The van der Waals surface area contributed by atoms with Crippen LogP contribution in [0.3, 0.4) is 0 Å². The van der Waals surface area contributed by atoms with Gasteiger partial charge in [-0.05, 0) is 6.42 Å². The molecule has 0 bridgehead atoms. The second-order valence-electron chi connectivity index (χ2n) is 2.58. The highest BCUT2D eigenvalue weighted by molar-refractivity contribution is 7.85. The van der Waals surface area contributed by atoms with Crippen molar-refractivity contribution in [3.8, 4) is 0 Å². The van der Waals surface area contributed by atoms with Crippen molar-refractivity contribution >= 4 is 16.1 Å². The molecule has 0 aromatic rings. The van der Waals surface area contributed by atoms with Gasteiger partial charge in [-0.1, -0.05) is 19.8 Å². The van der Waals surface area contributed by atoms with Crippen LogP contribution < -0.4 is 0 Å². The Morgan fingerprint density at radius 3 is 1.92 bits per heavy atom. The molecule has 0 spiro atoms. The van der Waals surface area contributed by atoms with Crippen LogP contribution in [0.25, 0.3) is 0 Å². The molecule has 0 amide bonds. The zero-order chi connectivity index (χ0) is 10.9. The first kappa shape index (κ1) is 14.9. The maximum Gasteiger partial charge on any atom is 0.303 e. The van der Waals surface area contributed by atoms with Crippen LogP contribution in [-0.4, -0.2) is 30.3 Å². The summed E-state index contributed by atoms with van der Waals surface area (Å²) in [7, 11) is -3.67. The number of rotatable bonds is 4. The van der Waals surface area contributed by atoms with Crippen molar-refractivity contribution in [1.29, 1.82) is 0 Å². The van der Waals surface area contributed by atoms with E-state index < -0.39 is 16.1 Å². The third-order valence-electron chi connectivity index (χ3n) is 0.994. The molecule has 5 nitrogen and oxygen atoms in total. The molecule has 0 rings (SSSR count). The highest BCUT2D eigenvalue weighted by Gasteiger charge is 1.92. The van der Waals surface area contributed by atoms with Gasteiger partial charge in [-0.2, -0.15) is 8.42 Å². The van der Waals surface area contributed by atoms with Crippen molar-refractivity contribution in [3.63, 3.8) is 0 Å². The van der Waals surface area contributed by atoms with Crippen molar-refractivity contribution in [1.82, 2.24) is 0 Å². The lowest BCUT2D eigenvalue weighted by Gasteiger charge is -1.89. The van der Waals surface area contributed by atoms with Crippen LogP contribution in [0.5, 0.6) is 0 Å². The van der Waals surface area contributed by atoms with E-state index in [0.29, 0.717) is 12.7 Å². The second kappa shape index (κ2) is 8.00. The van der Waals surface area contributed by atoms with E-state index in [9.17, 15) is 13.2 Å². The maximum atomic E-state index is 9.87. The third-order valence-corrected chi connectivity index (χ3v) is 0.994. The Hall–Kier alpha value is -0.620. The summed E-state index contributed by atoms with van der Waals surface area (Å²) in [6, 6.07) is 0. The molecule has 2 N–H and O–H groups in total. The van der Waals surface area contributed by atoms with Gasteiger partial charge in [0.1, 0.15) is 0 Å². The smallest absolute Gasteiger partial charge is 0.303 e. The summed E-state index contributed by atoms with van der Waals surface area (Å²) in [6.45, 7) is 2.06. The number of hydrogen-bond acceptors (Lipinski definition) is 3. The zero-order valence-electron chi connectivity index (χ0n) is 7.86. The van der Waals surface area contributed by atoms with Crippen LogP contribution in [0.1, 0.15) is 32.6 Å². The molecule has 0 unspecified atom stereocenters. The molecule has 0 aliphatic heterocycles. The molecule has 0 aromatic carbocycles. The number of carboxylic acids is 1. The molecule has 13 heavy (non-hydrogen) atoms. The summed E-state index contributed by atoms with van der Waals surface area (Å²) in [5.74, 6) is -0.682. The number of hydrogen-bond donors (Lipinski definition) is 2. The first-order valence-corrected chi connectivity index (χ1v) is 5.76. The van der Waals surface area contributed by atoms with Gasteiger partial charge in [0.15, 0.2) is 0 Å². The Balaban J connectivity index is 0. The van der Waals surface area contributed by atoms with Crippen LogP contribution in [0.2, 0.25) is 0 Å². The molecule has 0 fully saturated rings. The monoisotopic (exact) mass is 212 g/mol. The number of carboxylic acid groups (broad SMARTS) is 1. The van der Waals surface area contributed by atoms with Gasteiger partial charge in [0.2, 0.25) is 0 Å². The van der Waals surface area contributed by atoms with Gasteiger partial charge < -0.3 is 5.11 Å². The van der Waals surface area contributed by atoms with Crippen molar-refractivity contribution < 1.29 is 22.9 Å². The molecule has 0 aromatic heterocycles. The molecule has 0 aliphatic rings. The fourth-order valence-electron chi connectivity index (χ4n) is 0.526. The molecule has 0 saturated heterocycles. The largest absolute Gasteiger partial charge is 0.481 e. The topological polar surface area (TPSA) is 91.7 Å². The van der Waals surface area contributed by atoms with E-state index in [1.54, 1.807) is 0 Å². The Morgan fingerprint density at radius 2 is 1.69 bits per heavy atom. The summed E-state index contributed by atoms with van der Waals surface area (Å²) >= 11 is 0. The van der Waals surface area contributed by atoms with Gasteiger partial charge in [0.25, 0.3) is 10.1 Å². The summed E-state index contributed by atoms with van der Waals surface area (Å²) in [4.78, 5) is 9.87. The zero-order valence-corrected chi connectivity index (χ0v) is 8.67. The van der Waals surface area contributed by atoms with Crippen LogP contribution in [0.4, 0.5) is 0 Å². The van der Waals surface area contributed by atoms with E-state index in [2.05, 4.69) is 6.92 Å². The lowest BCUT2D eigenvalue weighted by Crippen LogP contribution is -1.92. The van der Waals surface area contributed by atoms with Gasteiger partial charge in [-0.3, -0.25) is 9.35 Å². The van der Waals surface area contributed by atoms with E-state index in [1.807, 2.05) is 0 Å².